The van der Waals surface area contributed by atoms with Crippen molar-refractivity contribution in [3.05, 3.63) is 144 Å². The van der Waals surface area contributed by atoms with Crippen LogP contribution >= 0.6 is 11.8 Å². The molecule has 0 aliphatic rings. The van der Waals surface area contributed by atoms with E-state index < -0.39 is 22.5 Å². The minimum Gasteiger partial charge on any atom is -0.444 e. The van der Waals surface area contributed by atoms with E-state index in [4.69, 9.17) is 4.74 Å². The molecule has 2 amide bonds. The summed E-state index contributed by atoms with van der Waals surface area (Å²) in [6.07, 6.45) is 0.121. The Balaban J connectivity index is 1.60. The lowest BCUT2D eigenvalue weighted by atomic mass is 9.84. The van der Waals surface area contributed by atoms with Crippen molar-refractivity contribution in [2.75, 3.05) is 12.3 Å². The smallest absolute Gasteiger partial charge is 0.407 e. The SMILES string of the molecule is CC[C@H](NC[C@H](CSC(c1ccccc1)(c1ccccc1)c1ccccc1)NC(=O)OC(C)(C)C)C(=O)NCc1ccccc1. The summed E-state index contributed by atoms with van der Waals surface area (Å²) in [6.45, 7) is 8.38. The summed E-state index contributed by atoms with van der Waals surface area (Å²) in [7, 11) is 0. The highest BCUT2D eigenvalue weighted by molar-refractivity contribution is 8.00. The lowest BCUT2D eigenvalue weighted by molar-refractivity contribution is -0.123. The van der Waals surface area contributed by atoms with Crippen molar-refractivity contribution in [1.82, 2.24) is 16.0 Å². The third-order valence-electron chi connectivity index (χ3n) is 7.41. The van der Waals surface area contributed by atoms with E-state index in [0.29, 0.717) is 25.3 Å². The molecule has 4 aromatic rings. The van der Waals surface area contributed by atoms with E-state index in [1.54, 1.807) is 11.8 Å². The molecule has 4 aromatic carbocycles. The van der Waals surface area contributed by atoms with Crippen LogP contribution in [0.5, 0.6) is 0 Å². The quantitative estimate of drug-likeness (QED) is 0.129. The van der Waals surface area contributed by atoms with E-state index in [2.05, 4.69) is 88.7 Å². The second-order valence-electron chi connectivity index (χ2n) is 12.0. The van der Waals surface area contributed by atoms with Crippen molar-refractivity contribution in [2.24, 2.45) is 0 Å². The van der Waals surface area contributed by atoms with Gasteiger partial charge in [0.2, 0.25) is 5.91 Å². The largest absolute Gasteiger partial charge is 0.444 e. The molecule has 236 valence electrons. The summed E-state index contributed by atoms with van der Waals surface area (Å²) in [6, 6.07) is 40.5. The van der Waals surface area contributed by atoms with Crippen LogP contribution in [-0.2, 0) is 20.8 Å². The Hall–Kier alpha value is -4.07. The first-order chi connectivity index (χ1) is 21.7. The van der Waals surface area contributed by atoms with Gasteiger partial charge < -0.3 is 20.7 Å². The Morgan fingerprint density at radius 3 is 1.64 bits per heavy atom. The van der Waals surface area contributed by atoms with Crippen LogP contribution in [0.3, 0.4) is 0 Å². The zero-order valence-electron chi connectivity index (χ0n) is 26.7. The molecule has 6 nitrogen and oxygen atoms in total. The van der Waals surface area contributed by atoms with Crippen LogP contribution < -0.4 is 16.0 Å². The number of hydrogen-bond acceptors (Lipinski definition) is 5. The number of rotatable bonds is 14. The molecule has 2 atom stereocenters. The van der Waals surface area contributed by atoms with Crippen molar-refractivity contribution in [1.29, 1.82) is 0 Å². The van der Waals surface area contributed by atoms with E-state index in [1.807, 2.05) is 76.2 Å². The summed E-state index contributed by atoms with van der Waals surface area (Å²) >= 11 is 1.76. The molecular formula is C38H45N3O3S. The number of thioether (sulfide) groups is 1. The van der Waals surface area contributed by atoms with E-state index in [9.17, 15) is 9.59 Å². The number of ether oxygens (including phenoxy) is 1. The highest BCUT2D eigenvalue weighted by atomic mass is 32.2. The van der Waals surface area contributed by atoms with Gasteiger partial charge in [-0.1, -0.05) is 128 Å². The molecule has 0 aliphatic heterocycles. The van der Waals surface area contributed by atoms with Crippen LogP contribution in [0, 0.1) is 0 Å². The molecule has 0 aromatic heterocycles. The first kappa shape index (κ1) is 33.8. The molecule has 45 heavy (non-hydrogen) atoms. The van der Waals surface area contributed by atoms with Gasteiger partial charge in [0.1, 0.15) is 5.60 Å². The van der Waals surface area contributed by atoms with Crippen molar-refractivity contribution >= 4 is 23.8 Å². The number of hydrogen-bond donors (Lipinski definition) is 3. The molecule has 3 N–H and O–H groups in total. The maximum Gasteiger partial charge on any atom is 0.407 e. The number of amides is 2. The Morgan fingerprint density at radius 1 is 0.733 bits per heavy atom. The monoisotopic (exact) mass is 623 g/mol. The van der Waals surface area contributed by atoms with Gasteiger partial charge in [0.05, 0.1) is 16.8 Å². The molecule has 7 heteroatoms. The molecule has 0 saturated carbocycles. The maximum atomic E-state index is 13.2. The van der Waals surface area contributed by atoms with Crippen LogP contribution in [0.25, 0.3) is 0 Å². The molecular weight excluding hydrogens is 579 g/mol. The van der Waals surface area contributed by atoms with Gasteiger partial charge in [-0.15, -0.1) is 11.8 Å². The fourth-order valence-corrected chi connectivity index (χ4v) is 6.80. The first-order valence-electron chi connectivity index (χ1n) is 15.6. The van der Waals surface area contributed by atoms with E-state index in [1.165, 1.54) is 0 Å². The number of carbonyl (C=O) groups is 2. The fourth-order valence-electron chi connectivity index (χ4n) is 5.24. The average Bonchev–Trinajstić information content (AvgIpc) is 3.05. The van der Waals surface area contributed by atoms with Gasteiger partial charge in [-0.05, 0) is 49.4 Å². The van der Waals surface area contributed by atoms with E-state index >= 15 is 0 Å². The van der Waals surface area contributed by atoms with Gasteiger partial charge in [0.25, 0.3) is 0 Å². The van der Waals surface area contributed by atoms with Gasteiger partial charge in [0.15, 0.2) is 0 Å². The summed E-state index contributed by atoms with van der Waals surface area (Å²) in [5.74, 6) is 0.477. The van der Waals surface area contributed by atoms with E-state index in [-0.39, 0.29) is 11.9 Å². The highest BCUT2D eigenvalue weighted by Crippen LogP contribution is 2.48. The topological polar surface area (TPSA) is 79.5 Å². The molecule has 0 heterocycles. The normalized spacial score (nSPS) is 13.0. The summed E-state index contributed by atoms with van der Waals surface area (Å²) in [4.78, 5) is 26.2. The highest BCUT2D eigenvalue weighted by Gasteiger charge is 2.38. The lowest BCUT2D eigenvalue weighted by Crippen LogP contribution is -2.51. The molecule has 0 saturated heterocycles. The van der Waals surface area contributed by atoms with Crippen molar-refractivity contribution in [3.63, 3.8) is 0 Å². The van der Waals surface area contributed by atoms with Crippen molar-refractivity contribution < 1.29 is 14.3 Å². The molecule has 0 fully saturated rings. The van der Waals surface area contributed by atoms with Crippen LogP contribution in [0.4, 0.5) is 4.79 Å². The van der Waals surface area contributed by atoms with Crippen LogP contribution in [0.1, 0.15) is 56.4 Å². The number of benzene rings is 4. The summed E-state index contributed by atoms with van der Waals surface area (Å²) in [5.41, 5.74) is 3.83. The van der Waals surface area contributed by atoms with E-state index in [0.717, 1.165) is 22.3 Å². The standard InChI is InChI=1S/C38H45N3O3S/c1-5-34(35(42)40-26-29-18-10-6-11-19-29)39-27-33(41-36(43)44-37(2,3)4)28-45-38(30-20-12-7-13-21-30,31-22-14-8-15-23-31)32-24-16-9-17-25-32/h6-25,33-34,39H,5,26-28H2,1-4H3,(H,40,42)(H,41,43)/t33-,34+/m1/s1. The molecule has 0 radical (unpaired) electrons. The fraction of sp³-hybridized carbons (Fsp3) is 0.316. The minimum absolute atomic E-state index is 0.0720. The molecule has 0 unspecified atom stereocenters. The number of carbonyl (C=O) groups excluding carboxylic acids is 2. The average molecular weight is 624 g/mol. The molecule has 4 rings (SSSR count). The third-order valence-corrected chi connectivity index (χ3v) is 9.12. The molecule has 0 bridgehead atoms. The maximum absolute atomic E-state index is 13.2. The summed E-state index contributed by atoms with van der Waals surface area (Å²) < 4.78 is 5.11. The zero-order valence-corrected chi connectivity index (χ0v) is 27.5. The zero-order chi connectivity index (χ0) is 32.1. The second-order valence-corrected chi connectivity index (χ2v) is 13.2. The van der Waals surface area contributed by atoms with Crippen molar-refractivity contribution in [3.8, 4) is 0 Å². The number of nitrogens with one attached hydrogen (secondary N) is 3. The van der Waals surface area contributed by atoms with Gasteiger partial charge in [-0.2, -0.15) is 0 Å². The van der Waals surface area contributed by atoms with Gasteiger partial charge >= 0.3 is 6.09 Å². The second kappa shape index (κ2) is 16.3. The Morgan fingerprint density at radius 2 is 1.20 bits per heavy atom. The molecule has 0 aliphatic carbocycles. The Kier molecular flexibility index (Phi) is 12.2. The van der Waals surface area contributed by atoms with Gasteiger partial charge in [0, 0.05) is 18.8 Å². The predicted octanol–water partition coefficient (Wildman–Crippen LogP) is 7.29. The first-order valence-corrected chi connectivity index (χ1v) is 16.5. The summed E-state index contributed by atoms with van der Waals surface area (Å²) in [5, 5.41) is 9.58. The lowest BCUT2D eigenvalue weighted by Gasteiger charge is -2.37. The predicted molar refractivity (Wildman–Crippen MR) is 185 cm³/mol. The molecule has 0 spiro atoms. The van der Waals surface area contributed by atoms with Crippen molar-refractivity contribution in [2.45, 2.75) is 63.1 Å². The van der Waals surface area contributed by atoms with Gasteiger partial charge in [-0.25, -0.2) is 4.79 Å². The van der Waals surface area contributed by atoms with Gasteiger partial charge in [-0.3, -0.25) is 4.79 Å². The third kappa shape index (κ3) is 9.71. The van der Waals surface area contributed by atoms with Crippen LogP contribution in [-0.4, -0.2) is 42.0 Å². The Bertz CT molecular complexity index is 1370. The minimum atomic E-state index is -0.639. The Labute approximate surface area is 272 Å². The van der Waals surface area contributed by atoms with Crippen LogP contribution in [0.2, 0.25) is 0 Å². The van der Waals surface area contributed by atoms with Crippen LogP contribution in [0.15, 0.2) is 121 Å². The number of alkyl carbamates (subject to hydrolysis) is 1.